The van der Waals surface area contributed by atoms with Crippen LogP contribution in [0.2, 0.25) is 0 Å². The Morgan fingerprint density at radius 2 is 2.16 bits per heavy atom. The molecule has 0 fully saturated rings. The summed E-state index contributed by atoms with van der Waals surface area (Å²) in [5.41, 5.74) is 6.64. The molecular formula is C14H18ClNO3. The van der Waals surface area contributed by atoms with E-state index in [0.29, 0.717) is 12.4 Å². The van der Waals surface area contributed by atoms with E-state index in [-0.39, 0.29) is 18.3 Å². The van der Waals surface area contributed by atoms with Gasteiger partial charge in [-0.25, -0.2) is 4.79 Å². The van der Waals surface area contributed by atoms with Crippen molar-refractivity contribution in [2.75, 3.05) is 6.61 Å². The number of fused-ring (bicyclic) bond motifs is 1. The van der Waals surface area contributed by atoms with E-state index >= 15 is 0 Å². The van der Waals surface area contributed by atoms with Crippen LogP contribution in [0.1, 0.15) is 19.4 Å². The largest absolute Gasteiger partial charge is 0.489 e. The average Bonchev–Trinajstić information content (AvgIpc) is 2.37. The van der Waals surface area contributed by atoms with Crippen LogP contribution in [0.15, 0.2) is 24.3 Å². The van der Waals surface area contributed by atoms with Gasteiger partial charge in [0.25, 0.3) is 0 Å². The molecule has 1 aliphatic heterocycles. The normalized spacial score (nSPS) is 14.1. The first-order valence-electron chi connectivity index (χ1n) is 5.98. The summed E-state index contributed by atoms with van der Waals surface area (Å²) in [6.07, 6.45) is 3.85. The molecule has 1 aromatic carbocycles. The molecule has 19 heavy (non-hydrogen) atoms. The second kappa shape index (κ2) is 6.59. The number of rotatable bonds is 3. The van der Waals surface area contributed by atoms with E-state index in [1.54, 1.807) is 18.2 Å². The van der Waals surface area contributed by atoms with E-state index < -0.39 is 12.0 Å². The summed E-state index contributed by atoms with van der Waals surface area (Å²) in [6.45, 7) is 4.34. The monoisotopic (exact) mass is 283 g/mol. The molecule has 0 unspecified atom stereocenters. The summed E-state index contributed by atoms with van der Waals surface area (Å²) in [4.78, 5) is 11.7. The Morgan fingerprint density at radius 1 is 1.42 bits per heavy atom. The summed E-state index contributed by atoms with van der Waals surface area (Å²) in [6, 6.07) is 4.68. The molecular weight excluding hydrogens is 266 g/mol. The van der Waals surface area contributed by atoms with Crippen LogP contribution in [0.25, 0.3) is 6.08 Å². The highest BCUT2D eigenvalue weighted by Crippen LogP contribution is 2.28. The highest BCUT2D eigenvalue weighted by atomic mass is 35.5. The van der Waals surface area contributed by atoms with Gasteiger partial charge in [0.05, 0.1) is 0 Å². The fourth-order valence-corrected chi connectivity index (χ4v) is 1.62. The first-order chi connectivity index (χ1) is 8.58. The molecule has 0 bridgehead atoms. The van der Waals surface area contributed by atoms with Crippen LogP contribution in [-0.4, -0.2) is 18.6 Å². The molecule has 4 nitrogen and oxygen atoms in total. The van der Waals surface area contributed by atoms with Gasteiger partial charge in [-0.2, -0.15) is 0 Å². The summed E-state index contributed by atoms with van der Waals surface area (Å²) in [7, 11) is 0. The molecule has 0 amide bonds. The van der Waals surface area contributed by atoms with Gasteiger partial charge in [0, 0.05) is 5.56 Å². The molecule has 0 saturated carbocycles. The lowest BCUT2D eigenvalue weighted by Crippen LogP contribution is -2.38. The van der Waals surface area contributed by atoms with E-state index in [1.165, 1.54) is 0 Å². The van der Waals surface area contributed by atoms with Crippen molar-refractivity contribution in [2.24, 2.45) is 11.7 Å². The maximum absolute atomic E-state index is 11.7. The highest BCUT2D eigenvalue weighted by Gasteiger charge is 2.20. The quantitative estimate of drug-likeness (QED) is 0.683. The summed E-state index contributed by atoms with van der Waals surface area (Å²) in [5.74, 6) is 0.930. The van der Waals surface area contributed by atoms with Crippen molar-refractivity contribution in [3.63, 3.8) is 0 Å². The molecule has 2 N–H and O–H groups in total. The lowest BCUT2D eigenvalue weighted by atomic mass is 10.1. The molecule has 0 radical (unpaired) electrons. The SMILES string of the molecule is CC(C)[C@H](N)C(=O)Oc1ccc2c(c1)C=CCO2.Cl. The van der Waals surface area contributed by atoms with Crippen LogP contribution < -0.4 is 15.2 Å². The number of esters is 1. The third-order valence-electron chi connectivity index (χ3n) is 2.82. The first-order valence-corrected chi connectivity index (χ1v) is 5.98. The predicted molar refractivity (Wildman–Crippen MR) is 76.7 cm³/mol. The summed E-state index contributed by atoms with van der Waals surface area (Å²) < 4.78 is 10.7. The average molecular weight is 284 g/mol. The molecule has 1 heterocycles. The first kappa shape index (κ1) is 15.5. The number of nitrogens with two attached hydrogens (primary N) is 1. The number of carbonyl (C=O) groups is 1. The Balaban J connectivity index is 0.00000180. The van der Waals surface area contributed by atoms with Crippen LogP contribution in [0.5, 0.6) is 11.5 Å². The lowest BCUT2D eigenvalue weighted by molar-refractivity contribution is -0.136. The highest BCUT2D eigenvalue weighted by molar-refractivity contribution is 5.85. The van der Waals surface area contributed by atoms with Crippen molar-refractivity contribution < 1.29 is 14.3 Å². The number of ether oxygens (including phenoxy) is 2. The van der Waals surface area contributed by atoms with E-state index in [9.17, 15) is 4.79 Å². The van der Waals surface area contributed by atoms with Gasteiger partial charge in [0.2, 0.25) is 0 Å². The Morgan fingerprint density at radius 3 is 2.84 bits per heavy atom. The van der Waals surface area contributed by atoms with Crippen LogP contribution in [0.4, 0.5) is 0 Å². The molecule has 1 aliphatic rings. The van der Waals surface area contributed by atoms with Crippen LogP contribution in [0, 0.1) is 5.92 Å². The lowest BCUT2D eigenvalue weighted by Gasteiger charge is -2.16. The Labute approximate surface area is 119 Å². The number of carbonyl (C=O) groups excluding carboxylic acids is 1. The van der Waals surface area contributed by atoms with Crippen molar-refractivity contribution in [3.05, 3.63) is 29.8 Å². The van der Waals surface area contributed by atoms with Gasteiger partial charge in [-0.15, -0.1) is 12.4 Å². The summed E-state index contributed by atoms with van der Waals surface area (Å²) >= 11 is 0. The Bertz CT molecular complexity index is 486. The molecule has 1 aromatic rings. The zero-order chi connectivity index (χ0) is 13.1. The van der Waals surface area contributed by atoms with Crippen molar-refractivity contribution in [3.8, 4) is 11.5 Å². The maximum atomic E-state index is 11.7. The third kappa shape index (κ3) is 3.72. The third-order valence-corrected chi connectivity index (χ3v) is 2.82. The zero-order valence-electron chi connectivity index (χ0n) is 11.0. The Hall–Kier alpha value is -1.52. The minimum atomic E-state index is -0.604. The predicted octanol–water partition coefficient (Wildman–Crippen LogP) is 2.40. The fraction of sp³-hybridized carbons (Fsp3) is 0.357. The molecule has 0 saturated heterocycles. The van der Waals surface area contributed by atoms with Crippen molar-refractivity contribution in [1.29, 1.82) is 0 Å². The molecule has 0 aliphatic carbocycles. The van der Waals surface area contributed by atoms with E-state index in [0.717, 1.165) is 11.3 Å². The second-order valence-electron chi connectivity index (χ2n) is 4.60. The molecule has 1 atom stereocenters. The van der Waals surface area contributed by atoms with Gasteiger partial charge in [-0.05, 0) is 30.2 Å². The fourth-order valence-electron chi connectivity index (χ4n) is 1.62. The van der Waals surface area contributed by atoms with Crippen molar-refractivity contribution in [2.45, 2.75) is 19.9 Å². The number of hydrogen-bond acceptors (Lipinski definition) is 4. The van der Waals surface area contributed by atoms with Gasteiger partial charge in [-0.1, -0.05) is 19.9 Å². The van der Waals surface area contributed by atoms with Gasteiger partial charge in [-0.3, -0.25) is 0 Å². The molecule has 2 rings (SSSR count). The summed E-state index contributed by atoms with van der Waals surface area (Å²) in [5, 5.41) is 0. The van der Waals surface area contributed by atoms with Crippen LogP contribution in [-0.2, 0) is 4.79 Å². The van der Waals surface area contributed by atoms with Gasteiger partial charge >= 0.3 is 5.97 Å². The minimum Gasteiger partial charge on any atom is -0.489 e. The van der Waals surface area contributed by atoms with Gasteiger partial charge < -0.3 is 15.2 Å². The minimum absolute atomic E-state index is 0. The second-order valence-corrected chi connectivity index (χ2v) is 4.60. The maximum Gasteiger partial charge on any atom is 0.328 e. The topological polar surface area (TPSA) is 61.6 Å². The standard InChI is InChI=1S/C14H17NO3.ClH/c1-9(2)13(15)14(16)18-11-5-6-12-10(8-11)4-3-7-17-12;/h3-6,8-9,13H,7,15H2,1-2H3;1H/t13-;/m0./s1. The van der Waals surface area contributed by atoms with Crippen molar-refractivity contribution >= 4 is 24.5 Å². The smallest absolute Gasteiger partial charge is 0.328 e. The van der Waals surface area contributed by atoms with Crippen LogP contribution >= 0.6 is 12.4 Å². The van der Waals surface area contributed by atoms with E-state index in [2.05, 4.69) is 0 Å². The number of benzene rings is 1. The zero-order valence-corrected chi connectivity index (χ0v) is 11.8. The van der Waals surface area contributed by atoms with E-state index in [1.807, 2.05) is 26.0 Å². The van der Waals surface area contributed by atoms with Crippen molar-refractivity contribution in [1.82, 2.24) is 0 Å². The Kier molecular flexibility index (Phi) is 5.39. The number of hydrogen-bond donors (Lipinski definition) is 1. The van der Waals surface area contributed by atoms with Gasteiger partial charge in [0.1, 0.15) is 24.1 Å². The molecule has 0 aromatic heterocycles. The molecule has 5 heteroatoms. The number of halogens is 1. The van der Waals surface area contributed by atoms with E-state index in [4.69, 9.17) is 15.2 Å². The molecule has 0 spiro atoms. The van der Waals surface area contributed by atoms with Crippen LogP contribution in [0.3, 0.4) is 0 Å². The molecule has 104 valence electrons. The van der Waals surface area contributed by atoms with Gasteiger partial charge in [0.15, 0.2) is 0 Å².